The van der Waals surface area contributed by atoms with Crippen LogP contribution in [-0.2, 0) is 9.53 Å². The van der Waals surface area contributed by atoms with Gasteiger partial charge < -0.3 is 18.8 Å². The van der Waals surface area contributed by atoms with Crippen LogP contribution in [-0.4, -0.2) is 56.8 Å². The van der Waals surface area contributed by atoms with Crippen molar-refractivity contribution in [3.63, 3.8) is 0 Å². The summed E-state index contributed by atoms with van der Waals surface area (Å²) in [7, 11) is 0.277. The van der Waals surface area contributed by atoms with Crippen LogP contribution in [0.4, 0.5) is 5.69 Å². The summed E-state index contributed by atoms with van der Waals surface area (Å²) < 4.78 is 17.1. The van der Waals surface area contributed by atoms with Crippen molar-refractivity contribution in [2.75, 3.05) is 20.8 Å². The maximum Gasteiger partial charge on any atom is 0.328 e. The molecule has 0 N–H and O–H groups in total. The lowest BCUT2D eigenvalue weighted by Gasteiger charge is -2.42. The average Bonchev–Trinajstić information content (AvgIpc) is 2.80. The quantitative estimate of drug-likeness (QED) is 0.198. The van der Waals surface area contributed by atoms with E-state index < -0.39 is 31.2 Å². The molecule has 1 aliphatic heterocycles. The molecule has 1 aromatic rings. The van der Waals surface area contributed by atoms with Gasteiger partial charge in [0.1, 0.15) is 11.6 Å². The molecule has 0 aliphatic carbocycles. The third kappa shape index (κ3) is 5.21. The number of amides is 1. The molecule has 1 heterocycles. The lowest BCUT2D eigenvalue weighted by Crippen LogP contribution is -2.50. The highest BCUT2D eigenvalue weighted by Gasteiger charge is 2.48. The molecule has 9 nitrogen and oxygen atoms in total. The van der Waals surface area contributed by atoms with Crippen molar-refractivity contribution in [2.45, 2.75) is 83.5 Å². The third-order valence-electron chi connectivity index (χ3n) is 6.94. The Morgan fingerprint density at radius 2 is 1.62 bits per heavy atom. The summed E-state index contributed by atoms with van der Waals surface area (Å²) in [4.78, 5) is 38.6. The largest absolute Gasteiger partial charge is 0.540 e. The fourth-order valence-electron chi connectivity index (χ4n) is 5.37. The lowest BCUT2D eigenvalue weighted by molar-refractivity contribution is -0.385. The molecule has 0 bridgehead atoms. The lowest BCUT2D eigenvalue weighted by atomic mass is 10.00. The van der Waals surface area contributed by atoms with Gasteiger partial charge in [-0.05, 0) is 35.9 Å². The van der Waals surface area contributed by atoms with Crippen LogP contribution in [0.1, 0.15) is 71.2 Å². The summed E-state index contributed by atoms with van der Waals surface area (Å²) >= 11 is 0. The van der Waals surface area contributed by atoms with Gasteiger partial charge in [0.05, 0.1) is 25.2 Å². The van der Waals surface area contributed by atoms with Gasteiger partial charge >= 0.3 is 5.97 Å². The third-order valence-corrected chi connectivity index (χ3v) is 12.9. The number of ether oxygens (including phenoxy) is 2. The Morgan fingerprint density at radius 1 is 1.03 bits per heavy atom. The molecule has 1 aliphatic rings. The molecule has 1 saturated heterocycles. The summed E-state index contributed by atoms with van der Waals surface area (Å²) in [5, 5.41) is 12.1. The van der Waals surface area contributed by atoms with Crippen molar-refractivity contribution < 1.29 is 28.4 Å². The van der Waals surface area contributed by atoms with Gasteiger partial charge in [0.25, 0.3) is 19.9 Å². The molecule has 34 heavy (non-hydrogen) atoms. The molecule has 0 spiro atoms. The molecule has 1 aromatic carbocycles. The number of nitrogens with zero attached hydrogens (tertiary/aromatic N) is 2. The SMILES string of the molecule is COC(=O)[C@@H]1CCCCN1C(=O)c1cc(OC)c(O[Si](C(C)C)(C(C)C)C(C)C)cc1[N+](=O)[O-]. The predicted octanol–water partition coefficient (Wildman–Crippen LogP) is 5.33. The van der Waals surface area contributed by atoms with Gasteiger partial charge in [-0.25, -0.2) is 4.79 Å². The molecular formula is C24H38N2O7Si. The summed E-state index contributed by atoms with van der Waals surface area (Å²) in [6.45, 7) is 13.0. The second-order valence-corrected chi connectivity index (χ2v) is 15.1. The van der Waals surface area contributed by atoms with Gasteiger partial charge in [-0.1, -0.05) is 41.5 Å². The summed E-state index contributed by atoms with van der Waals surface area (Å²) in [6.07, 6.45) is 1.93. The zero-order valence-corrected chi connectivity index (χ0v) is 22.5. The fraction of sp³-hybridized carbons (Fsp3) is 0.667. The topological polar surface area (TPSA) is 108 Å². The Balaban J connectivity index is 2.62. The van der Waals surface area contributed by atoms with Crippen molar-refractivity contribution in [1.82, 2.24) is 4.90 Å². The Morgan fingerprint density at radius 3 is 2.09 bits per heavy atom. The zero-order chi connectivity index (χ0) is 25.8. The first kappa shape index (κ1) is 27.6. The summed E-state index contributed by atoms with van der Waals surface area (Å²) in [5.74, 6) is -0.577. The normalized spacial score (nSPS) is 16.7. The Labute approximate surface area is 203 Å². The van der Waals surface area contributed by atoms with Gasteiger partial charge in [0.15, 0.2) is 11.5 Å². The van der Waals surface area contributed by atoms with E-state index in [4.69, 9.17) is 13.9 Å². The van der Waals surface area contributed by atoms with Crippen LogP contribution in [0.15, 0.2) is 12.1 Å². The molecular weight excluding hydrogens is 456 g/mol. The first-order chi connectivity index (χ1) is 15.9. The van der Waals surface area contributed by atoms with Crippen molar-refractivity contribution >= 4 is 25.9 Å². The number of rotatable bonds is 9. The maximum absolute atomic E-state index is 13.5. The van der Waals surface area contributed by atoms with E-state index in [0.29, 0.717) is 19.4 Å². The second kappa shape index (κ2) is 11.2. The molecule has 1 atom stereocenters. The Kier molecular flexibility index (Phi) is 9.10. The van der Waals surface area contributed by atoms with Crippen LogP contribution < -0.4 is 9.16 Å². The van der Waals surface area contributed by atoms with E-state index in [9.17, 15) is 19.7 Å². The minimum absolute atomic E-state index is 0.129. The minimum atomic E-state index is -2.44. The molecule has 1 fully saturated rings. The fourth-order valence-corrected chi connectivity index (χ4v) is 10.6. The van der Waals surface area contributed by atoms with Crippen molar-refractivity contribution in [3.8, 4) is 11.5 Å². The molecule has 190 valence electrons. The number of piperidine rings is 1. The van der Waals surface area contributed by atoms with E-state index in [2.05, 4.69) is 41.5 Å². The van der Waals surface area contributed by atoms with Crippen molar-refractivity contribution in [2.24, 2.45) is 0 Å². The number of hydrogen-bond donors (Lipinski definition) is 0. The van der Waals surface area contributed by atoms with Gasteiger partial charge in [0.2, 0.25) is 0 Å². The number of nitro benzene ring substituents is 1. The van der Waals surface area contributed by atoms with Crippen LogP contribution in [0.25, 0.3) is 0 Å². The standard InChI is InChI=1S/C24H38N2O7Si/c1-15(2)34(16(3)4,17(5)6)33-22-14-20(26(29)30)18(13-21(22)31-7)23(27)25-12-10-9-11-19(25)24(28)32-8/h13-17,19H,9-12H2,1-8H3/t19-/m0/s1. The molecule has 0 unspecified atom stereocenters. The number of methoxy groups -OCH3 is 2. The van der Waals surface area contributed by atoms with E-state index in [1.54, 1.807) is 0 Å². The minimum Gasteiger partial charge on any atom is -0.540 e. The second-order valence-electron chi connectivity index (χ2n) is 9.73. The highest BCUT2D eigenvalue weighted by atomic mass is 28.4. The number of carbonyl (C=O) groups is 2. The molecule has 1 amide bonds. The highest BCUT2D eigenvalue weighted by molar-refractivity contribution is 6.78. The van der Waals surface area contributed by atoms with Crippen molar-refractivity contribution in [1.29, 1.82) is 0 Å². The van der Waals surface area contributed by atoms with Crippen LogP contribution in [0.5, 0.6) is 11.5 Å². The molecule has 0 aromatic heterocycles. The monoisotopic (exact) mass is 494 g/mol. The Hall–Kier alpha value is -2.62. The van der Waals surface area contributed by atoms with Crippen molar-refractivity contribution in [3.05, 3.63) is 27.8 Å². The van der Waals surface area contributed by atoms with E-state index in [-0.39, 0.29) is 39.4 Å². The smallest absolute Gasteiger partial charge is 0.328 e. The highest BCUT2D eigenvalue weighted by Crippen LogP contribution is 2.46. The number of nitro groups is 1. The summed E-state index contributed by atoms with van der Waals surface area (Å²) in [6, 6.07) is 1.91. The van der Waals surface area contributed by atoms with E-state index in [1.807, 2.05) is 0 Å². The maximum atomic E-state index is 13.5. The molecule has 0 radical (unpaired) electrons. The van der Waals surface area contributed by atoms with Crippen LogP contribution in [0, 0.1) is 10.1 Å². The van der Waals surface area contributed by atoms with E-state index in [1.165, 1.54) is 31.3 Å². The van der Waals surface area contributed by atoms with Crippen LogP contribution in [0.2, 0.25) is 16.6 Å². The predicted molar refractivity (Wildman–Crippen MR) is 132 cm³/mol. The number of benzene rings is 1. The first-order valence-corrected chi connectivity index (χ1v) is 14.0. The average molecular weight is 495 g/mol. The molecule has 10 heteroatoms. The number of hydrogen-bond acceptors (Lipinski definition) is 7. The van der Waals surface area contributed by atoms with Gasteiger partial charge in [0, 0.05) is 12.6 Å². The number of esters is 1. The molecule has 0 saturated carbocycles. The summed E-state index contributed by atoms with van der Waals surface area (Å²) in [5.41, 5.74) is 0.232. The van der Waals surface area contributed by atoms with Gasteiger partial charge in [-0.2, -0.15) is 0 Å². The van der Waals surface area contributed by atoms with Gasteiger partial charge in [-0.15, -0.1) is 0 Å². The van der Waals surface area contributed by atoms with Crippen LogP contribution in [0.3, 0.4) is 0 Å². The Bertz CT molecular complexity index is 895. The molecule has 2 rings (SSSR count). The number of likely N-dealkylation sites (tertiary alicyclic amines) is 1. The zero-order valence-electron chi connectivity index (χ0n) is 21.5. The number of carbonyl (C=O) groups excluding carboxylic acids is 2. The first-order valence-electron chi connectivity index (χ1n) is 11.9. The van der Waals surface area contributed by atoms with E-state index in [0.717, 1.165) is 6.42 Å². The van der Waals surface area contributed by atoms with Gasteiger partial charge in [-0.3, -0.25) is 14.9 Å². The van der Waals surface area contributed by atoms with E-state index >= 15 is 0 Å². The van der Waals surface area contributed by atoms with Crippen LogP contribution >= 0.6 is 0 Å².